The molecule has 3 aromatic rings. The normalized spacial score (nSPS) is 13.1. The number of imidazole rings is 1. The van der Waals surface area contributed by atoms with Crippen LogP contribution >= 0.6 is 11.3 Å². The van der Waals surface area contributed by atoms with Crippen molar-refractivity contribution >= 4 is 36.1 Å². The summed E-state index contributed by atoms with van der Waals surface area (Å²) in [4.78, 5) is 26.8. The fourth-order valence-corrected chi connectivity index (χ4v) is 4.56. The Hall–Kier alpha value is -2.67. The maximum absolute atomic E-state index is 13.4. The van der Waals surface area contributed by atoms with E-state index in [0.717, 1.165) is 11.3 Å². The SMILES string of the molecule is COC(=O)[C@@H]([BH2-]c1n(C)cc[n+]1C)[C@@H](C(=O)c1cccs1)c1ccccc1. The van der Waals surface area contributed by atoms with Gasteiger partial charge >= 0.3 is 0 Å². The van der Waals surface area contributed by atoms with Crippen molar-refractivity contribution in [1.82, 2.24) is 4.57 Å². The van der Waals surface area contributed by atoms with Crippen molar-refractivity contribution in [2.24, 2.45) is 14.1 Å². The van der Waals surface area contributed by atoms with Crippen LogP contribution in [0.5, 0.6) is 0 Å². The number of Topliss-reactive ketones (excluding diaryl/α,β-unsaturated/α-hetero) is 1. The highest BCUT2D eigenvalue weighted by atomic mass is 32.1. The van der Waals surface area contributed by atoms with E-state index in [9.17, 15) is 9.59 Å². The largest absolute Gasteiger partial charge is 0.471 e. The van der Waals surface area contributed by atoms with Crippen molar-refractivity contribution in [2.75, 3.05) is 7.11 Å². The predicted octanol–water partition coefficient (Wildman–Crippen LogP) is 1.33. The van der Waals surface area contributed by atoms with Crippen LogP contribution in [0.2, 0.25) is 5.82 Å². The maximum atomic E-state index is 13.4. The van der Waals surface area contributed by atoms with Crippen LogP contribution in [-0.2, 0) is 23.6 Å². The third-order valence-electron chi connectivity index (χ3n) is 5.38. The highest BCUT2D eigenvalue weighted by Crippen LogP contribution is 2.34. The highest BCUT2D eigenvalue weighted by molar-refractivity contribution is 7.12. The molecule has 0 aliphatic rings. The van der Waals surface area contributed by atoms with Gasteiger partial charge in [-0.25, -0.2) is 0 Å². The van der Waals surface area contributed by atoms with Crippen molar-refractivity contribution in [1.29, 1.82) is 0 Å². The number of esters is 1. The van der Waals surface area contributed by atoms with Crippen molar-refractivity contribution in [3.63, 3.8) is 0 Å². The van der Waals surface area contributed by atoms with E-state index in [1.54, 1.807) is 0 Å². The van der Waals surface area contributed by atoms with Crippen LogP contribution in [0.4, 0.5) is 0 Å². The standard InChI is InChI=1S/C20H23BN2O3S/c1-22-11-12-23(2)20(22)21-17(19(25)26-3)16(14-8-5-4-6-9-14)18(24)15-10-7-13-27-15/h4-13,16-17H,21H2,1-3H3/t16-,17-/m0/s1. The molecule has 0 radical (unpaired) electrons. The summed E-state index contributed by atoms with van der Waals surface area (Å²) < 4.78 is 9.18. The number of carbonyl (C=O) groups is 2. The summed E-state index contributed by atoms with van der Waals surface area (Å²) in [7, 11) is 4.32. The topological polar surface area (TPSA) is 52.2 Å². The number of benzene rings is 1. The molecule has 2 aromatic heterocycles. The van der Waals surface area contributed by atoms with Crippen LogP contribution in [0.15, 0.2) is 60.2 Å². The van der Waals surface area contributed by atoms with Crippen LogP contribution in [-0.4, -0.2) is 30.7 Å². The van der Waals surface area contributed by atoms with E-state index in [1.807, 2.05) is 83.5 Å². The number of rotatable bonds is 7. The van der Waals surface area contributed by atoms with Crippen molar-refractivity contribution < 1.29 is 18.9 Å². The molecule has 140 valence electrons. The summed E-state index contributed by atoms with van der Waals surface area (Å²) in [6.07, 6.45) is 3.93. The van der Waals surface area contributed by atoms with Gasteiger partial charge in [-0.2, -0.15) is 0 Å². The number of ether oxygens (including phenoxy) is 1. The van der Waals surface area contributed by atoms with Gasteiger partial charge in [-0.15, -0.1) is 11.3 Å². The number of hydrogen-bond donors (Lipinski definition) is 0. The molecule has 0 fully saturated rings. The Bertz CT molecular complexity index is 903. The highest BCUT2D eigenvalue weighted by Gasteiger charge is 2.34. The number of nitrogens with zero attached hydrogens (tertiary/aromatic N) is 2. The first-order chi connectivity index (χ1) is 13.0. The summed E-state index contributed by atoms with van der Waals surface area (Å²) in [5.74, 6) is -1.39. The van der Waals surface area contributed by atoms with Crippen molar-refractivity contribution in [3.05, 3.63) is 70.7 Å². The Balaban J connectivity index is 2.07. The molecule has 0 unspecified atom stereocenters. The Labute approximate surface area is 163 Å². The molecule has 0 spiro atoms. The van der Waals surface area contributed by atoms with Gasteiger partial charge in [0.2, 0.25) is 0 Å². The van der Waals surface area contributed by atoms with Gasteiger partial charge in [-0.05, 0) is 22.8 Å². The number of aromatic nitrogens is 2. The van der Waals surface area contributed by atoms with E-state index >= 15 is 0 Å². The Morgan fingerprint density at radius 2 is 1.93 bits per heavy atom. The minimum Gasteiger partial charge on any atom is -0.471 e. The smallest absolute Gasteiger partial charge is 0.274 e. The Kier molecular flexibility index (Phi) is 5.91. The molecule has 2 heterocycles. The third-order valence-corrected chi connectivity index (χ3v) is 6.27. The molecule has 0 saturated heterocycles. The zero-order valence-electron chi connectivity index (χ0n) is 16.0. The van der Waals surface area contributed by atoms with E-state index in [1.165, 1.54) is 18.4 Å². The van der Waals surface area contributed by atoms with Gasteiger partial charge in [-0.1, -0.05) is 36.4 Å². The van der Waals surface area contributed by atoms with E-state index in [0.29, 0.717) is 4.88 Å². The molecule has 0 saturated carbocycles. The average Bonchev–Trinajstić information content (AvgIpc) is 3.33. The summed E-state index contributed by atoms with van der Waals surface area (Å²) >= 11 is 1.41. The molecule has 7 heteroatoms. The molecule has 5 nitrogen and oxygen atoms in total. The number of hydrogen-bond acceptors (Lipinski definition) is 4. The van der Waals surface area contributed by atoms with Crippen LogP contribution in [0, 0.1) is 0 Å². The van der Waals surface area contributed by atoms with E-state index in [4.69, 9.17) is 4.74 Å². The summed E-state index contributed by atoms with van der Waals surface area (Å²) in [5.41, 5.74) is 1.93. The van der Waals surface area contributed by atoms with Gasteiger partial charge < -0.3 is 4.74 Å². The second kappa shape index (κ2) is 8.35. The predicted molar refractivity (Wildman–Crippen MR) is 108 cm³/mol. The number of methoxy groups -OCH3 is 1. The quantitative estimate of drug-likeness (QED) is 0.268. The van der Waals surface area contributed by atoms with E-state index in [-0.39, 0.29) is 11.8 Å². The molecule has 2 atom stereocenters. The molecule has 0 amide bonds. The molecule has 1 aromatic carbocycles. The lowest BCUT2D eigenvalue weighted by atomic mass is 9.56. The molecule has 0 aliphatic carbocycles. The second-order valence-corrected chi connectivity index (χ2v) is 7.85. The van der Waals surface area contributed by atoms with E-state index in [2.05, 4.69) is 0 Å². The van der Waals surface area contributed by atoms with Crippen LogP contribution in [0.1, 0.15) is 21.2 Å². The molecule has 0 aliphatic heterocycles. The first-order valence-corrected chi connectivity index (χ1v) is 9.92. The van der Waals surface area contributed by atoms with Gasteiger partial charge in [0, 0.05) is 5.92 Å². The number of ketones is 1. The lowest BCUT2D eigenvalue weighted by Crippen LogP contribution is -2.52. The zero-order valence-corrected chi connectivity index (χ0v) is 16.8. The first-order valence-electron chi connectivity index (χ1n) is 9.04. The maximum Gasteiger partial charge on any atom is 0.274 e. The molecule has 3 rings (SSSR count). The van der Waals surface area contributed by atoms with Gasteiger partial charge in [0.25, 0.3) is 5.97 Å². The van der Waals surface area contributed by atoms with Crippen molar-refractivity contribution in [3.8, 4) is 0 Å². The summed E-state index contributed by atoms with van der Waals surface area (Å²) in [6, 6.07) is 13.2. The Morgan fingerprint density at radius 1 is 1.19 bits per heavy atom. The molecule has 0 bridgehead atoms. The fraction of sp³-hybridized carbons (Fsp3) is 0.250. The number of carbonyl (C=O) groups excluding carboxylic acids is 2. The molecule has 0 N–H and O–H groups in total. The molecule has 27 heavy (non-hydrogen) atoms. The zero-order chi connectivity index (χ0) is 19.4. The van der Waals surface area contributed by atoms with Crippen molar-refractivity contribution in [2.45, 2.75) is 11.7 Å². The second-order valence-electron chi connectivity index (χ2n) is 6.90. The summed E-state index contributed by atoms with van der Waals surface area (Å²) in [6.45, 7) is 0. The average molecular weight is 382 g/mol. The fourth-order valence-electron chi connectivity index (χ4n) is 3.86. The van der Waals surface area contributed by atoms with Crippen LogP contribution in [0.25, 0.3) is 0 Å². The third kappa shape index (κ3) is 4.03. The monoisotopic (exact) mass is 382 g/mol. The van der Waals surface area contributed by atoms with Gasteiger partial charge in [0.05, 0.1) is 31.8 Å². The van der Waals surface area contributed by atoms with E-state index < -0.39 is 19.0 Å². The lowest BCUT2D eigenvalue weighted by Gasteiger charge is -2.27. The van der Waals surface area contributed by atoms with Gasteiger partial charge in [0.1, 0.15) is 19.7 Å². The molecular formula is C20H23BN2O3S. The minimum atomic E-state index is -1.00. The van der Waals surface area contributed by atoms with Crippen LogP contribution < -0.4 is 10.3 Å². The van der Waals surface area contributed by atoms with Crippen LogP contribution in [0.3, 0.4) is 0 Å². The number of aryl methyl sites for hydroxylation is 2. The number of thiophene rings is 1. The minimum absolute atomic E-state index is 0.0211. The molecular weight excluding hydrogens is 359 g/mol. The lowest BCUT2D eigenvalue weighted by molar-refractivity contribution is -0.653. The van der Waals surface area contributed by atoms with Gasteiger partial charge in [0.15, 0.2) is 5.78 Å². The van der Waals surface area contributed by atoms with Gasteiger partial charge in [-0.3, -0.25) is 18.7 Å². The first kappa shape index (κ1) is 19.1. The Morgan fingerprint density at radius 3 is 2.48 bits per heavy atom. The summed E-state index contributed by atoms with van der Waals surface area (Å²) in [5, 5.41) is 1.88.